The normalized spacial score (nSPS) is 13.7. The van der Waals surface area contributed by atoms with Crippen LogP contribution in [0.3, 0.4) is 0 Å². The molecule has 0 fully saturated rings. The molecule has 5 rings (SSSR count). The molecule has 2 unspecified atom stereocenters. The predicted octanol–water partition coefficient (Wildman–Crippen LogP) is 5.64. The molecule has 4 aromatic rings. The van der Waals surface area contributed by atoms with Gasteiger partial charge in [0.15, 0.2) is 11.5 Å². The van der Waals surface area contributed by atoms with Gasteiger partial charge in [0.2, 0.25) is 0 Å². The number of aliphatic hydroxyl groups is 1. The van der Waals surface area contributed by atoms with Gasteiger partial charge in [-0.05, 0) is 77.4 Å². The number of hydrogen-bond acceptors (Lipinski definition) is 5. The molecule has 0 spiro atoms. The van der Waals surface area contributed by atoms with E-state index in [1.54, 1.807) is 0 Å². The second-order valence-electron chi connectivity index (χ2n) is 10.4. The average Bonchev–Trinajstić information content (AvgIpc) is 3.02. The Hall–Kier alpha value is -4.55. The molecule has 1 aliphatic heterocycles. The standard InChI is InChI=1S/C35H36N2O4/c1-24(36)29-9-5-8-26(20-29)21-31(23-38)32(16-10-25-6-3-2-4-7-25)37-35(39)28-13-11-27(12-14-28)30-15-17-33-34(22-30)41-19-18-40-33/h2-9,11-15,17,20,22,31-32,38H,1,10,16,18-19,21,23,36H2,(H,37,39). The molecule has 1 heterocycles. The van der Waals surface area contributed by atoms with Crippen molar-refractivity contribution in [2.75, 3.05) is 19.8 Å². The maximum absolute atomic E-state index is 13.5. The van der Waals surface area contributed by atoms with E-state index in [0.29, 0.717) is 37.3 Å². The van der Waals surface area contributed by atoms with E-state index in [9.17, 15) is 9.90 Å². The molecule has 6 nitrogen and oxygen atoms in total. The van der Waals surface area contributed by atoms with Crippen LogP contribution in [0.15, 0.2) is 104 Å². The van der Waals surface area contributed by atoms with Crippen LogP contribution < -0.4 is 20.5 Å². The first-order valence-electron chi connectivity index (χ1n) is 14.0. The van der Waals surface area contributed by atoms with Crippen molar-refractivity contribution in [2.45, 2.75) is 25.3 Å². The zero-order valence-electron chi connectivity index (χ0n) is 23.1. The highest BCUT2D eigenvalue weighted by molar-refractivity contribution is 5.95. The largest absolute Gasteiger partial charge is 0.486 e. The Kier molecular flexibility index (Phi) is 9.02. The lowest BCUT2D eigenvalue weighted by atomic mass is 9.88. The highest BCUT2D eigenvalue weighted by Crippen LogP contribution is 2.34. The zero-order chi connectivity index (χ0) is 28.6. The summed E-state index contributed by atoms with van der Waals surface area (Å²) in [5.41, 5.74) is 12.0. The van der Waals surface area contributed by atoms with Gasteiger partial charge < -0.3 is 25.6 Å². The first-order valence-corrected chi connectivity index (χ1v) is 14.0. The Morgan fingerprint density at radius 1 is 0.829 bits per heavy atom. The molecule has 2 atom stereocenters. The van der Waals surface area contributed by atoms with E-state index in [2.05, 4.69) is 24.0 Å². The van der Waals surface area contributed by atoms with Crippen molar-refractivity contribution in [3.8, 4) is 22.6 Å². The molecule has 210 valence electrons. The molecule has 0 aromatic heterocycles. The summed E-state index contributed by atoms with van der Waals surface area (Å²) in [7, 11) is 0. The fourth-order valence-electron chi connectivity index (χ4n) is 5.22. The number of fused-ring (bicyclic) bond motifs is 1. The van der Waals surface area contributed by atoms with Crippen molar-refractivity contribution in [3.63, 3.8) is 0 Å². The van der Waals surface area contributed by atoms with Crippen LogP contribution in [0.4, 0.5) is 0 Å². The maximum Gasteiger partial charge on any atom is 0.251 e. The SMILES string of the molecule is C=C(N)c1cccc(CC(CO)C(CCc2ccccc2)NC(=O)c2ccc(-c3ccc4c(c3)OCCO4)cc2)c1. The van der Waals surface area contributed by atoms with Gasteiger partial charge in [0.1, 0.15) is 13.2 Å². The van der Waals surface area contributed by atoms with Crippen molar-refractivity contribution in [1.82, 2.24) is 5.32 Å². The second kappa shape index (κ2) is 13.2. The van der Waals surface area contributed by atoms with Crippen molar-refractivity contribution >= 4 is 11.6 Å². The number of aryl methyl sites for hydroxylation is 1. The van der Waals surface area contributed by atoms with Crippen LogP contribution in [0, 0.1) is 5.92 Å². The van der Waals surface area contributed by atoms with Crippen LogP contribution in [-0.4, -0.2) is 36.9 Å². The predicted molar refractivity (Wildman–Crippen MR) is 163 cm³/mol. The molecule has 4 aromatic carbocycles. The highest BCUT2D eigenvalue weighted by Gasteiger charge is 2.24. The summed E-state index contributed by atoms with van der Waals surface area (Å²) in [6.45, 7) is 4.86. The third-order valence-electron chi connectivity index (χ3n) is 7.53. The maximum atomic E-state index is 13.5. The number of carbonyl (C=O) groups is 1. The summed E-state index contributed by atoms with van der Waals surface area (Å²) in [5, 5.41) is 13.7. The zero-order valence-corrected chi connectivity index (χ0v) is 23.1. The summed E-state index contributed by atoms with van der Waals surface area (Å²) in [6, 6.07) is 31.2. The number of amides is 1. The van der Waals surface area contributed by atoms with Gasteiger partial charge in [-0.2, -0.15) is 0 Å². The Morgan fingerprint density at radius 3 is 2.27 bits per heavy atom. The minimum atomic E-state index is -0.241. The number of nitrogens with two attached hydrogens (primary N) is 1. The topological polar surface area (TPSA) is 93.8 Å². The van der Waals surface area contributed by atoms with E-state index in [0.717, 1.165) is 40.2 Å². The number of rotatable bonds is 11. The first-order chi connectivity index (χ1) is 20.0. The number of hydrogen-bond donors (Lipinski definition) is 3. The molecule has 1 amide bonds. The number of ether oxygens (including phenoxy) is 2. The minimum absolute atomic E-state index is 0.0589. The van der Waals surface area contributed by atoms with Gasteiger partial charge in [0, 0.05) is 29.8 Å². The third-order valence-corrected chi connectivity index (χ3v) is 7.53. The van der Waals surface area contributed by atoms with Crippen LogP contribution in [0.5, 0.6) is 11.5 Å². The van der Waals surface area contributed by atoms with Gasteiger partial charge in [-0.1, -0.05) is 73.3 Å². The summed E-state index contributed by atoms with van der Waals surface area (Å²) in [6.07, 6.45) is 2.07. The van der Waals surface area contributed by atoms with Gasteiger partial charge in [-0.15, -0.1) is 0 Å². The van der Waals surface area contributed by atoms with Crippen molar-refractivity contribution in [1.29, 1.82) is 0 Å². The summed E-state index contributed by atoms with van der Waals surface area (Å²) in [5.74, 6) is 1.13. The van der Waals surface area contributed by atoms with Crippen molar-refractivity contribution in [3.05, 3.63) is 126 Å². The smallest absolute Gasteiger partial charge is 0.251 e. The van der Waals surface area contributed by atoms with Gasteiger partial charge in [-0.3, -0.25) is 4.79 Å². The summed E-state index contributed by atoms with van der Waals surface area (Å²) in [4.78, 5) is 13.5. The van der Waals surface area contributed by atoms with E-state index in [4.69, 9.17) is 15.2 Å². The molecule has 0 saturated carbocycles. The molecular formula is C35H36N2O4. The molecule has 4 N–H and O–H groups in total. The van der Waals surface area contributed by atoms with Crippen molar-refractivity contribution < 1.29 is 19.4 Å². The monoisotopic (exact) mass is 548 g/mol. The van der Waals surface area contributed by atoms with E-state index in [-0.39, 0.29) is 24.5 Å². The van der Waals surface area contributed by atoms with Crippen molar-refractivity contribution in [2.24, 2.45) is 11.7 Å². The Morgan fingerprint density at radius 2 is 1.54 bits per heavy atom. The van der Waals surface area contributed by atoms with Gasteiger partial charge in [0.25, 0.3) is 5.91 Å². The lowest BCUT2D eigenvalue weighted by Gasteiger charge is -2.27. The van der Waals surface area contributed by atoms with Crippen LogP contribution in [-0.2, 0) is 12.8 Å². The van der Waals surface area contributed by atoms with E-state index < -0.39 is 0 Å². The number of nitrogens with one attached hydrogen (secondary N) is 1. The lowest BCUT2D eigenvalue weighted by molar-refractivity contribution is 0.0898. The van der Waals surface area contributed by atoms with E-state index in [1.165, 1.54) is 5.56 Å². The molecule has 1 aliphatic rings. The molecular weight excluding hydrogens is 512 g/mol. The third kappa shape index (κ3) is 7.16. The number of carbonyl (C=O) groups excluding carboxylic acids is 1. The van der Waals surface area contributed by atoms with Crippen LogP contribution in [0.1, 0.15) is 33.5 Å². The molecule has 0 saturated heterocycles. The number of benzene rings is 4. The second-order valence-corrected chi connectivity index (χ2v) is 10.4. The first kappa shape index (κ1) is 28.0. The Balaban J connectivity index is 1.32. The van der Waals surface area contributed by atoms with Gasteiger partial charge in [-0.25, -0.2) is 0 Å². The Bertz CT molecular complexity index is 1480. The minimum Gasteiger partial charge on any atom is -0.486 e. The molecule has 0 radical (unpaired) electrons. The number of aliphatic hydroxyl groups excluding tert-OH is 1. The molecule has 41 heavy (non-hydrogen) atoms. The fourth-order valence-corrected chi connectivity index (χ4v) is 5.22. The van der Waals surface area contributed by atoms with Crippen LogP contribution in [0.25, 0.3) is 16.8 Å². The highest BCUT2D eigenvalue weighted by atomic mass is 16.6. The molecule has 6 heteroatoms. The van der Waals surface area contributed by atoms with Crippen LogP contribution in [0.2, 0.25) is 0 Å². The summed E-state index contributed by atoms with van der Waals surface area (Å²) >= 11 is 0. The summed E-state index contributed by atoms with van der Waals surface area (Å²) < 4.78 is 11.3. The quantitative estimate of drug-likeness (QED) is 0.226. The molecule has 0 bridgehead atoms. The Labute approximate surface area is 241 Å². The van der Waals surface area contributed by atoms with Gasteiger partial charge >= 0.3 is 0 Å². The van der Waals surface area contributed by atoms with Crippen LogP contribution >= 0.6 is 0 Å². The average molecular weight is 549 g/mol. The lowest BCUT2D eigenvalue weighted by Crippen LogP contribution is -2.43. The van der Waals surface area contributed by atoms with E-state index in [1.807, 2.05) is 84.9 Å². The van der Waals surface area contributed by atoms with E-state index >= 15 is 0 Å². The fraction of sp³-hybridized carbons (Fsp3) is 0.229. The van der Waals surface area contributed by atoms with Gasteiger partial charge in [0.05, 0.1) is 0 Å². The molecule has 0 aliphatic carbocycles.